The number of hydrogen-bond donors (Lipinski definition) is 0. The van der Waals surface area contributed by atoms with Crippen LogP contribution in [-0.2, 0) is 0 Å². The average Bonchev–Trinajstić information content (AvgIpc) is 3.06. The summed E-state index contributed by atoms with van der Waals surface area (Å²) in [5, 5.41) is 10.3. The van der Waals surface area contributed by atoms with Gasteiger partial charge in [0, 0.05) is 16.8 Å². The minimum atomic E-state index is 0.992. The number of fused-ring (bicyclic) bond motifs is 7. The summed E-state index contributed by atoms with van der Waals surface area (Å²) < 4.78 is 0. The summed E-state index contributed by atoms with van der Waals surface area (Å²) in [5.41, 5.74) is 5.91. The highest BCUT2D eigenvalue weighted by Crippen LogP contribution is 2.39. The second kappa shape index (κ2) is 11.0. The van der Waals surface area contributed by atoms with Crippen molar-refractivity contribution in [2.45, 2.75) is 20.3 Å². The molecule has 202 valence electrons. The summed E-state index contributed by atoms with van der Waals surface area (Å²) in [6, 6.07) is 48.7. The van der Waals surface area contributed by atoms with Gasteiger partial charge in [-0.05, 0) is 92.5 Å². The molecule has 7 aromatic carbocycles. The van der Waals surface area contributed by atoms with Crippen molar-refractivity contribution in [3.05, 3.63) is 157 Å². The first-order valence-electron chi connectivity index (χ1n) is 14.8. The minimum Gasteiger partial charge on any atom is -0.310 e. The summed E-state index contributed by atoms with van der Waals surface area (Å²) in [6.07, 6.45) is 7.64. The van der Waals surface area contributed by atoms with Crippen molar-refractivity contribution in [1.82, 2.24) is 0 Å². The normalized spacial score (nSPS) is 12.2. The monoisotopic (exact) mass is 539 g/mol. The van der Waals surface area contributed by atoms with Crippen molar-refractivity contribution in [2.75, 3.05) is 4.90 Å². The van der Waals surface area contributed by atoms with Gasteiger partial charge in [-0.15, -0.1) is 0 Å². The lowest BCUT2D eigenvalue weighted by Crippen LogP contribution is -2.15. The number of nitrogens with zero attached hydrogens (tertiary/aromatic N) is 1. The van der Waals surface area contributed by atoms with Crippen LogP contribution in [0.4, 0.5) is 11.4 Å². The Hall–Kier alpha value is -5.14. The van der Waals surface area contributed by atoms with Gasteiger partial charge in [0.25, 0.3) is 0 Å². The number of benzene rings is 7. The Morgan fingerprint density at radius 1 is 0.548 bits per heavy atom. The van der Waals surface area contributed by atoms with E-state index >= 15 is 0 Å². The molecule has 1 nitrogen and oxygen atoms in total. The Labute approximate surface area is 247 Å². The summed E-state index contributed by atoms with van der Waals surface area (Å²) in [6.45, 7) is 4.29. The van der Waals surface area contributed by atoms with E-state index in [1.165, 1.54) is 59.9 Å². The van der Waals surface area contributed by atoms with Crippen LogP contribution >= 0.6 is 0 Å². The fraction of sp³-hybridized carbons (Fsp3) is 0.0732. The Morgan fingerprint density at radius 2 is 1.10 bits per heavy atom. The average molecular weight is 540 g/mol. The second-order valence-electron chi connectivity index (χ2n) is 10.8. The number of allylic oxidation sites excluding steroid dienone is 3. The zero-order chi connectivity index (χ0) is 28.5. The van der Waals surface area contributed by atoms with Gasteiger partial charge in [0.15, 0.2) is 0 Å². The number of rotatable bonds is 6. The maximum Gasteiger partial charge on any atom is 0.0539 e. The highest BCUT2D eigenvalue weighted by Gasteiger charge is 2.16. The quantitative estimate of drug-likeness (QED) is 0.150. The molecule has 0 bridgehead atoms. The molecule has 0 spiro atoms. The molecule has 1 heteroatoms. The minimum absolute atomic E-state index is 0.992. The van der Waals surface area contributed by atoms with Crippen LogP contribution in [0, 0.1) is 0 Å². The highest BCUT2D eigenvalue weighted by atomic mass is 15.1. The Kier molecular flexibility index (Phi) is 6.78. The highest BCUT2D eigenvalue weighted by molar-refractivity contribution is 6.25. The van der Waals surface area contributed by atoms with E-state index in [-0.39, 0.29) is 0 Å². The van der Waals surface area contributed by atoms with Crippen molar-refractivity contribution in [3.8, 4) is 11.1 Å². The van der Waals surface area contributed by atoms with Gasteiger partial charge in [-0.2, -0.15) is 0 Å². The first-order valence-corrected chi connectivity index (χ1v) is 14.8. The molecule has 7 rings (SSSR count). The van der Waals surface area contributed by atoms with Gasteiger partial charge in [-0.1, -0.05) is 128 Å². The number of hydrogen-bond acceptors (Lipinski definition) is 1. The van der Waals surface area contributed by atoms with E-state index < -0.39 is 0 Å². The standard InChI is InChI=1S/C41H33N/c1-3-5-15-32(4-2)42(41-21-12-14-30-13-6-7-16-34(30)41)33-25-22-29(23-26-33)31-24-27-39-37-19-9-8-17-35(37)36-18-10-11-20-38(36)40(39)28-31/h4-28H,3H2,1-2H3/b15-5-,32-4+. The van der Waals surface area contributed by atoms with E-state index in [4.69, 9.17) is 0 Å². The fourth-order valence-corrected chi connectivity index (χ4v) is 6.26. The van der Waals surface area contributed by atoms with Crippen molar-refractivity contribution >= 4 is 54.5 Å². The van der Waals surface area contributed by atoms with Crippen LogP contribution in [0.2, 0.25) is 0 Å². The molecular formula is C41H33N. The summed E-state index contributed by atoms with van der Waals surface area (Å²) in [4.78, 5) is 2.37. The molecule has 0 heterocycles. The SMILES string of the molecule is C/C=C(\C=C/CC)N(c1ccc(-c2ccc3c4ccccc4c4ccccc4c3c2)cc1)c1cccc2ccccc12. The summed E-state index contributed by atoms with van der Waals surface area (Å²) in [5.74, 6) is 0. The van der Waals surface area contributed by atoms with Gasteiger partial charge in [0.1, 0.15) is 0 Å². The molecule has 0 N–H and O–H groups in total. The van der Waals surface area contributed by atoms with Gasteiger partial charge >= 0.3 is 0 Å². The second-order valence-corrected chi connectivity index (χ2v) is 10.8. The third kappa shape index (κ3) is 4.44. The lowest BCUT2D eigenvalue weighted by molar-refractivity contribution is 1.17. The lowest BCUT2D eigenvalue weighted by Gasteiger charge is -2.28. The Balaban J connectivity index is 1.36. The topological polar surface area (TPSA) is 3.24 Å². The van der Waals surface area contributed by atoms with E-state index in [0.717, 1.165) is 17.8 Å². The van der Waals surface area contributed by atoms with Crippen LogP contribution in [0.25, 0.3) is 54.2 Å². The van der Waals surface area contributed by atoms with E-state index in [1.54, 1.807) is 0 Å². The molecule has 0 saturated heterocycles. The van der Waals surface area contributed by atoms with Crippen LogP contribution in [0.5, 0.6) is 0 Å². The zero-order valence-electron chi connectivity index (χ0n) is 24.1. The van der Waals surface area contributed by atoms with Crippen molar-refractivity contribution in [2.24, 2.45) is 0 Å². The van der Waals surface area contributed by atoms with Gasteiger partial charge in [-0.3, -0.25) is 0 Å². The Bertz CT molecular complexity index is 2090. The van der Waals surface area contributed by atoms with Gasteiger partial charge in [0.2, 0.25) is 0 Å². The molecule has 0 aliphatic heterocycles. The molecule has 0 aromatic heterocycles. The predicted octanol–water partition coefficient (Wildman–Crippen LogP) is 12.0. The molecule has 0 amide bonds. The summed E-state index contributed by atoms with van der Waals surface area (Å²) in [7, 11) is 0. The largest absolute Gasteiger partial charge is 0.310 e. The predicted molar refractivity (Wildman–Crippen MR) is 184 cm³/mol. The molecule has 0 radical (unpaired) electrons. The smallest absolute Gasteiger partial charge is 0.0539 e. The zero-order valence-corrected chi connectivity index (χ0v) is 24.1. The number of anilines is 2. The van der Waals surface area contributed by atoms with Crippen molar-refractivity contribution in [1.29, 1.82) is 0 Å². The molecule has 0 unspecified atom stereocenters. The molecule has 0 fully saturated rings. The first kappa shape index (κ1) is 25.8. The molecule has 0 atom stereocenters. The van der Waals surface area contributed by atoms with Crippen LogP contribution in [0.15, 0.2) is 157 Å². The van der Waals surface area contributed by atoms with E-state index in [1.807, 2.05) is 0 Å². The van der Waals surface area contributed by atoms with E-state index in [0.29, 0.717) is 0 Å². The van der Waals surface area contributed by atoms with Crippen molar-refractivity contribution < 1.29 is 0 Å². The molecular weight excluding hydrogens is 506 g/mol. The first-order chi connectivity index (χ1) is 20.8. The third-order valence-electron chi connectivity index (χ3n) is 8.29. The van der Waals surface area contributed by atoms with Crippen LogP contribution in [0.1, 0.15) is 20.3 Å². The summed E-state index contributed by atoms with van der Waals surface area (Å²) >= 11 is 0. The molecule has 0 saturated carbocycles. The molecule has 7 aromatic rings. The maximum absolute atomic E-state index is 2.37. The van der Waals surface area contributed by atoms with E-state index in [9.17, 15) is 0 Å². The molecule has 42 heavy (non-hydrogen) atoms. The van der Waals surface area contributed by atoms with Crippen LogP contribution in [0.3, 0.4) is 0 Å². The molecule has 0 aliphatic rings. The van der Waals surface area contributed by atoms with Crippen LogP contribution < -0.4 is 4.90 Å². The Morgan fingerprint density at radius 3 is 1.74 bits per heavy atom. The van der Waals surface area contributed by atoms with Gasteiger partial charge in [0.05, 0.1) is 5.69 Å². The van der Waals surface area contributed by atoms with Crippen molar-refractivity contribution in [3.63, 3.8) is 0 Å². The van der Waals surface area contributed by atoms with Gasteiger partial charge in [-0.25, -0.2) is 0 Å². The van der Waals surface area contributed by atoms with Gasteiger partial charge < -0.3 is 4.90 Å². The van der Waals surface area contributed by atoms with Crippen LogP contribution in [-0.4, -0.2) is 0 Å². The maximum atomic E-state index is 2.37. The lowest BCUT2D eigenvalue weighted by atomic mass is 9.92. The molecule has 0 aliphatic carbocycles. The van der Waals surface area contributed by atoms with E-state index in [2.05, 4.69) is 170 Å². The fourth-order valence-electron chi connectivity index (χ4n) is 6.26. The third-order valence-corrected chi connectivity index (χ3v) is 8.29.